The number of fused-ring (bicyclic) bond motifs is 1. The molecule has 3 nitrogen and oxygen atoms in total. The van der Waals surface area contributed by atoms with Gasteiger partial charge in [-0.2, -0.15) is 0 Å². The number of benzene rings is 1. The van der Waals surface area contributed by atoms with Crippen molar-refractivity contribution in [3.05, 3.63) is 59.4 Å². The second-order valence-corrected chi connectivity index (χ2v) is 6.29. The number of rotatable bonds is 3. The van der Waals surface area contributed by atoms with Crippen LogP contribution in [0.2, 0.25) is 0 Å². The summed E-state index contributed by atoms with van der Waals surface area (Å²) in [7, 11) is 0. The van der Waals surface area contributed by atoms with Crippen LogP contribution >= 0.6 is 0 Å². The third kappa shape index (κ3) is 2.63. The van der Waals surface area contributed by atoms with Crippen molar-refractivity contribution < 1.29 is 9.53 Å². The Balaban J connectivity index is 1.43. The molecule has 2 atom stereocenters. The molecule has 0 bridgehead atoms. The van der Waals surface area contributed by atoms with Crippen molar-refractivity contribution in [2.45, 2.75) is 38.0 Å². The summed E-state index contributed by atoms with van der Waals surface area (Å²) in [5.74, 6) is 0.853. The molecule has 0 amide bonds. The van der Waals surface area contributed by atoms with Gasteiger partial charge in [-0.05, 0) is 72.9 Å². The predicted molar refractivity (Wildman–Crippen MR) is 83.8 cm³/mol. The maximum Gasteiger partial charge on any atom is 0.314 e. The molecule has 2 aliphatic carbocycles. The van der Waals surface area contributed by atoms with Gasteiger partial charge in [-0.15, -0.1) is 0 Å². The highest BCUT2D eigenvalue weighted by atomic mass is 16.5. The summed E-state index contributed by atoms with van der Waals surface area (Å²) in [6.07, 6.45) is 9.22. The van der Waals surface area contributed by atoms with Crippen LogP contribution in [-0.4, -0.2) is 11.0 Å². The molecule has 1 heterocycles. The van der Waals surface area contributed by atoms with Crippen LogP contribution < -0.4 is 4.74 Å². The summed E-state index contributed by atoms with van der Waals surface area (Å²) >= 11 is 0. The lowest BCUT2D eigenvalue weighted by Crippen LogP contribution is -2.12. The van der Waals surface area contributed by atoms with Gasteiger partial charge in [-0.3, -0.25) is 9.78 Å². The zero-order chi connectivity index (χ0) is 14.9. The number of hydrogen-bond acceptors (Lipinski definition) is 3. The highest BCUT2D eigenvalue weighted by Gasteiger charge is 2.45. The number of aromatic nitrogens is 1. The lowest BCUT2D eigenvalue weighted by molar-refractivity contribution is -0.135. The van der Waals surface area contributed by atoms with E-state index in [1.54, 1.807) is 6.20 Å². The summed E-state index contributed by atoms with van der Waals surface area (Å²) in [4.78, 5) is 16.4. The minimum absolute atomic E-state index is 0.0137. The number of hydrogen-bond donors (Lipinski definition) is 0. The van der Waals surface area contributed by atoms with Crippen LogP contribution in [0.4, 0.5) is 0 Å². The zero-order valence-electron chi connectivity index (χ0n) is 12.5. The van der Waals surface area contributed by atoms with Gasteiger partial charge in [-0.25, -0.2) is 0 Å². The molecule has 2 aliphatic rings. The fourth-order valence-corrected chi connectivity index (χ4v) is 3.38. The van der Waals surface area contributed by atoms with Gasteiger partial charge in [0.25, 0.3) is 0 Å². The number of carbonyl (C=O) groups is 1. The zero-order valence-corrected chi connectivity index (χ0v) is 12.5. The number of carbonyl (C=O) groups excluding carboxylic acids is 1. The van der Waals surface area contributed by atoms with Gasteiger partial charge in [0.15, 0.2) is 0 Å². The molecule has 112 valence electrons. The fourth-order valence-electron chi connectivity index (χ4n) is 3.38. The minimum Gasteiger partial charge on any atom is -0.426 e. The van der Waals surface area contributed by atoms with Gasteiger partial charge in [-0.1, -0.05) is 12.1 Å². The van der Waals surface area contributed by atoms with E-state index in [4.69, 9.17) is 4.74 Å². The highest BCUT2D eigenvalue weighted by Crippen LogP contribution is 2.48. The van der Waals surface area contributed by atoms with Crippen LogP contribution in [0.25, 0.3) is 0 Å². The molecule has 1 aromatic heterocycles. The third-order valence-electron chi connectivity index (χ3n) is 4.74. The Kier molecular flexibility index (Phi) is 3.41. The molecule has 0 spiro atoms. The first-order chi connectivity index (χ1) is 10.8. The van der Waals surface area contributed by atoms with Gasteiger partial charge in [0.05, 0.1) is 5.92 Å². The maximum absolute atomic E-state index is 12.3. The van der Waals surface area contributed by atoms with E-state index in [2.05, 4.69) is 11.1 Å². The second-order valence-electron chi connectivity index (χ2n) is 6.29. The molecule has 22 heavy (non-hydrogen) atoms. The normalized spacial score (nSPS) is 22.7. The summed E-state index contributed by atoms with van der Waals surface area (Å²) in [6, 6.07) is 10.0. The van der Waals surface area contributed by atoms with Crippen molar-refractivity contribution in [1.82, 2.24) is 4.98 Å². The van der Waals surface area contributed by atoms with E-state index in [1.165, 1.54) is 24.0 Å². The van der Waals surface area contributed by atoms with E-state index in [9.17, 15) is 4.79 Å². The molecule has 0 aliphatic heterocycles. The Bertz CT molecular complexity index is 696. The lowest BCUT2D eigenvalue weighted by Gasteiger charge is -2.16. The van der Waals surface area contributed by atoms with E-state index in [0.717, 1.165) is 24.8 Å². The lowest BCUT2D eigenvalue weighted by atomic mass is 9.92. The first-order valence-corrected chi connectivity index (χ1v) is 8.05. The summed E-state index contributed by atoms with van der Waals surface area (Å²) in [5, 5.41) is 0. The number of aryl methyl sites for hydroxylation is 2. The maximum atomic E-state index is 12.3. The SMILES string of the molecule is O=C(Oc1ccc2c(c1)CCCC2)[C@@H]1C[C@H]1c1cccnc1. The minimum atomic E-state index is -0.107. The van der Waals surface area contributed by atoms with E-state index < -0.39 is 0 Å². The molecule has 1 fully saturated rings. The van der Waals surface area contributed by atoms with E-state index in [0.29, 0.717) is 5.75 Å². The molecule has 0 saturated heterocycles. The average molecular weight is 293 g/mol. The van der Waals surface area contributed by atoms with Gasteiger partial charge < -0.3 is 4.74 Å². The number of pyridine rings is 1. The summed E-state index contributed by atoms with van der Waals surface area (Å²) in [6.45, 7) is 0. The molecular formula is C19H19NO2. The third-order valence-corrected chi connectivity index (χ3v) is 4.74. The van der Waals surface area contributed by atoms with Gasteiger partial charge in [0, 0.05) is 12.4 Å². The Morgan fingerprint density at radius 1 is 1.14 bits per heavy atom. The molecule has 4 rings (SSSR count). The molecular weight excluding hydrogens is 274 g/mol. The van der Waals surface area contributed by atoms with Gasteiger partial charge in [0.2, 0.25) is 0 Å². The number of nitrogens with zero attached hydrogens (tertiary/aromatic N) is 1. The molecule has 1 saturated carbocycles. The number of esters is 1. The van der Waals surface area contributed by atoms with Gasteiger partial charge >= 0.3 is 5.97 Å². The summed E-state index contributed by atoms with van der Waals surface area (Å²) in [5.41, 5.74) is 3.89. The molecule has 2 aromatic rings. The van der Waals surface area contributed by atoms with Crippen LogP contribution in [0, 0.1) is 5.92 Å². The first kappa shape index (κ1) is 13.5. The molecule has 0 N–H and O–H groups in total. The molecule has 3 heteroatoms. The highest BCUT2D eigenvalue weighted by molar-refractivity contribution is 5.79. The van der Waals surface area contributed by atoms with E-state index in [1.807, 2.05) is 30.5 Å². The smallest absolute Gasteiger partial charge is 0.314 e. The van der Waals surface area contributed by atoms with Crippen molar-refractivity contribution >= 4 is 5.97 Å². The summed E-state index contributed by atoms with van der Waals surface area (Å²) < 4.78 is 5.60. The number of ether oxygens (including phenoxy) is 1. The van der Waals surface area contributed by atoms with Crippen LogP contribution in [0.1, 0.15) is 41.9 Å². The van der Waals surface area contributed by atoms with E-state index >= 15 is 0 Å². The topological polar surface area (TPSA) is 39.2 Å². The molecule has 0 unspecified atom stereocenters. The second kappa shape index (κ2) is 5.56. The Morgan fingerprint density at radius 2 is 2.00 bits per heavy atom. The molecule has 1 aromatic carbocycles. The Hall–Kier alpha value is -2.16. The van der Waals surface area contributed by atoms with Crippen molar-refractivity contribution in [2.24, 2.45) is 5.92 Å². The van der Waals surface area contributed by atoms with Crippen molar-refractivity contribution in [3.8, 4) is 5.75 Å². The van der Waals surface area contributed by atoms with Crippen LogP contribution in [0.5, 0.6) is 5.75 Å². The first-order valence-electron chi connectivity index (χ1n) is 8.05. The van der Waals surface area contributed by atoms with Crippen molar-refractivity contribution in [1.29, 1.82) is 0 Å². The van der Waals surface area contributed by atoms with Crippen LogP contribution in [0.3, 0.4) is 0 Å². The van der Waals surface area contributed by atoms with Crippen molar-refractivity contribution in [3.63, 3.8) is 0 Å². The Morgan fingerprint density at radius 3 is 2.82 bits per heavy atom. The largest absolute Gasteiger partial charge is 0.426 e. The fraction of sp³-hybridized carbons (Fsp3) is 0.368. The van der Waals surface area contributed by atoms with E-state index in [-0.39, 0.29) is 17.8 Å². The van der Waals surface area contributed by atoms with Crippen molar-refractivity contribution in [2.75, 3.05) is 0 Å². The van der Waals surface area contributed by atoms with Crippen LogP contribution in [0.15, 0.2) is 42.7 Å². The monoisotopic (exact) mass is 293 g/mol. The predicted octanol–water partition coefficient (Wildman–Crippen LogP) is 3.67. The Labute approximate surface area is 130 Å². The molecule has 0 radical (unpaired) electrons. The van der Waals surface area contributed by atoms with Crippen LogP contribution in [-0.2, 0) is 17.6 Å². The van der Waals surface area contributed by atoms with Gasteiger partial charge in [0.1, 0.15) is 5.75 Å². The quantitative estimate of drug-likeness (QED) is 0.640. The average Bonchev–Trinajstić information content (AvgIpc) is 3.36. The standard InChI is InChI=1S/C19H19NO2/c21-19(18-11-17(18)15-6-3-9-20-12-15)22-16-8-7-13-4-1-2-5-14(13)10-16/h3,6-10,12,17-18H,1-2,4-5,11H2/t17-,18+/m0/s1.